The molecule has 0 spiro atoms. The molecule has 1 N–H and O–H groups in total. The van der Waals surface area contributed by atoms with E-state index < -0.39 is 10.8 Å². The van der Waals surface area contributed by atoms with Gasteiger partial charge in [0, 0.05) is 22.8 Å². The zero-order valence-electron chi connectivity index (χ0n) is 13.2. The number of nitro groups is 1. The van der Waals surface area contributed by atoms with Crippen LogP contribution in [0.3, 0.4) is 0 Å². The third kappa shape index (κ3) is 3.08. The predicted molar refractivity (Wildman–Crippen MR) is 92.3 cm³/mol. The molecule has 120 valence electrons. The highest BCUT2D eigenvalue weighted by Gasteiger charge is 2.20. The number of nitro benzene ring substituents is 1. The standard InChI is InChI=1S/C18H15N3O3/c1-11-3-7-15(17(9-11)21(23)24)18(22)20-14-6-8-16-13(10-14)5-4-12(2)19-16/h3-10H,1-2H3,(H,20,22). The van der Waals surface area contributed by atoms with Crippen molar-refractivity contribution in [2.45, 2.75) is 13.8 Å². The molecule has 1 aromatic heterocycles. The summed E-state index contributed by atoms with van der Waals surface area (Å²) in [5.74, 6) is -0.513. The number of rotatable bonds is 3. The van der Waals surface area contributed by atoms with Crippen LogP contribution >= 0.6 is 0 Å². The summed E-state index contributed by atoms with van der Waals surface area (Å²) >= 11 is 0. The summed E-state index contributed by atoms with van der Waals surface area (Å²) in [6.07, 6.45) is 0. The molecule has 1 amide bonds. The fourth-order valence-electron chi connectivity index (χ4n) is 2.49. The second-order valence-electron chi connectivity index (χ2n) is 5.59. The van der Waals surface area contributed by atoms with E-state index in [-0.39, 0.29) is 11.3 Å². The predicted octanol–water partition coefficient (Wildman–Crippen LogP) is 4.01. The first kappa shape index (κ1) is 15.6. The van der Waals surface area contributed by atoms with Crippen LogP contribution in [0.4, 0.5) is 11.4 Å². The van der Waals surface area contributed by atoms with Crippen LogP contribution in [0.2, 0.25) is 0 Å². The highest BCUT2D eigenvalue weighted by Crippen LogP contribution is 2.23. The molecule has 6 heteroatoms. The molecule has 6 nitrogen and oxygen atoms in total. The first-order valence-electron chi connectivity index (χ1n) is 7.38. The van der Waals surface area contributed by atoms with E-state index in [2.05, 4.69) is 10.3 Å². The lowest BCUT2D eigenvalue weighted by atomic mass is 10.1. The van der Waals surface area contributed by atoms with Gasteiger partial charge in [-0.15, -0.1) is 0 Å². The molecule has 1 heterocycles. The maximum absolute atomic E-state index is 12.4. The van der Waals surface area contributed by atoms with Crippen molar-refractivity contribution in [3.63, 3.8) is 0 Å². The Hall–Kier alpha value is -3.28. The number of aromatic nitrogens is 1. The van der Waals surface area contributed by atoms with Gasteiger partial charge in [0.1, 0.15) is 5.56 Å². The van der Waals surface area contributed by atoms with Crippen molar-refractivity contribution in [1.82, 2.24) is 4.98 Å². The van der Waals surface area contributed by atoms with E-state index in [4.69, 9.17) is 0 Å². The largest absolute Gasteiger partial charge is 0.322 e. The third-order valence-corrected chi connectivity index (χ3v) is 3.68. The number of carbonyl (C=O) groups excluding carboxylic acids is 1. The topological polar surface area (TPSA) is 85.1 Å². The summed E-state index contributed by atoms with van der Waals surface area (Å²) in [7, 11) is 0. The molecule has 0 aliphatic heterocycles. The van der Waals surface area contributed by atoms with Crippen molar-refractivity contribution >= 4 is 28.2 Å². The quantitative estimate of drug-likeness (QED) is 0.583. The Kier molecular flexibility index (Phi) is 3.95. The van der Waals surface area contributed by atoms with Gasteiger partial charge in [-0.1, -0.05) is 12.1 Å². The smallest absolute Gasteiger partial charge is 0.282 e. The van der Waals surface area contributed by atoms with Crippen LogP contribution in [-0.4, -0.2) is 15.8 Å². The normalized spacial score (nSPS) is 10.6. The van der Waals surface area contributed by atoms with E-state index in [1.54, 1.807) is 25.1 Å². The molecule has 0 unspecified atom stereocenters. The van der Waals surface area contributed by atoms with Crippen LogP contribution in [-0.2, 0) is 0 Å². The average Bonchev–Trinajstić information content (AvgIpc) is 2.54. The van der Waals surface area contributed by atoms with Gasteiger partial charge in [0.15, 0.2) is 0 Å². The number of hydrogen-bond donors (Lipinski definition) is 1. The minimum Gasteiger partial charge on any atom is -0.322 e. The molecular weight excluding hydrogens is 306 g/mol. The Morgan fingerprint density at radius 1 is 1.08 bits per heavy atom. The summed E-state index contributed by atoms with van der Waals surface area (Å²) in [4.78, 5) is 27.4. The molecule has 0 aliphatic rings. The van der Waals surface area contributed by atoms with Crippen molar-refractivity contribution < 1.29 is 9.72 Å². The monoisotopic (exact) mass is 321 g/mol. The summed E-state index contributed by atoms with van der Waals surface area (Å²) in [6.45, 7) is 3.65. The molecule has 0 radical (unpaired) electrons. The summed E-state index contributed by atoms with van der Waals surface area (Å²) < 4.78 is 0. The van der Waals surface area contributed by atoms with Crippen molar-refractivity contribution in [2.75, 3.05) is 5.32 Å². The molecule has 3 rings (SSSR count). The van der Waals surface area contributed by atoms with Crippen LogP contribution < -0.4 is 5.32 Å². The molecule has 0 atom stereocenters. The molecule has 24 heavy (non-hydrogen) atoms. The zero-order chi connectivity index (χ0) is 17.3. The first-order valence-corrected chi connectivity index (χ1v) is 7.38. The van der Waals surface area contributed by atoms with Gasteiger partial charge in [0.2, 0.25) is 0 Å². The van der Waals surface area contributed by atoms with Crippen molar-refractivity contribution in [2.24, 2.45) is 0 Å². The van der Waals surface area contributed by atoms with Gasteiger partial charge >= 0.3 is 0 Å². The van der Waals surface area contributed by atoms with E-state index in [0.29, 0.717) is 5.69 Å². The summed E-state index contributed by atoms with van der Waals surface area (Å²) in [5.41, 5.74) is 2.86. The molecule has 0 aliphatic carbocycles. The van der Waals surface area contributed by atoms with Crippen LogP contribution in [0.15, 0.2) is 48.5 Å². The number of amides is 1. The SMILES string of the molecule is Cc1ccc(C(=O)Nc2ccc3nc(C)ccc3c2)c([N+](=O)[O-])c1. The second-order valence-corrected chi connectivity index (χ2v) is 5.59. The molecule has 0 bridgehead atoms. The third-order valence-electron chi connectivity index (χ3n) is 3.68. The van der Waals surface area contributed by atoms with E-state index in [0.717, 1.165) is 22.2 Å². The first-order chi connectivity index (χ1) is 11.4. The van der Waals surface area contributed by atoms with E-state index >= 15 is 0 Å². The number of pyridine rings is 1. The fourth-order valence-corrected chi connectivity index (χ4v) is 2.49. The van der Waals surface area contributed by atoms with Gasteiger partial charge in [-0.2, -0.15) is 0 Å². The van der Waals surface area contributed by atoms with Crippen molar-refractivity contribution in [3.8, 4) is 0 Å². The number of nitrogens with zero attached hydrogens (tertiary/aromatic N) is 2. The van der Waals surface area contributed by atoms with Crippen molar-refractivity contribution in [1.29, 1.82) is 0 Å². The minimum absolute atomic E-state index is 0.0349. The Bertz CT molecular complexity index is 967. The van der Waals surface area contributed by atoms with Gasteiger partial charge < -0.3 is 5.32 Å². The number of anilines is 1. The average molecular weight is 321 g/mol. The Morgan fingerprint density at radius 2 is 1.88 bits per heavy atom. The van der Waals surface area contributed by atoms with Gasteiger partial charge in [-0.25, -0.2) is 0 Å². The summed E-state index contributed by atoms with van der Waals surface area (Å²) in [6, 6.07) is 13.7. The maximum atomic E-state index is 12.4. The number of aryl methyl sites for hydroxylation is 2. The van der Waals surface area contributed by atoms with Crippen molar-refractivity contribution in [3.05, 3.63) is 75.5 Å². The Morgan fingerprint density at radius 3 is 2.62 bits per heavy atom. The van der Waals surface area contributed by atoms with E-state index in [1.165, 1.54) is 12.1 Å². The Labute approximate surface area is 138 Å². The number of carbonyl (C=O) groups is 1. The lowest BCUT2D eigenvalue weighted by molar-refractivity contribution is -0.385. The number of fused-ring (bicyclic) bond motifs is 1. The van der Waals surface area contributed by atoms with E-state index in [1.807, 2.05) is 25.1 Å². The lowest BCUT2D eigenvalue weighted by Gasteiger charge is -2.08. The van der Waals surface area contributed by atoms with Gasteiger partial charge in [-0.05, 0) is 49.7 Å². The highest BCUT2D eigenvalue weighted by molar-refractivity contribution is 6.07. The molecule has 0 fully saturated rings. The van der Waals surface area contributed by atoms with Gasteiger partial charge in [0.05, 0.1) is 10.4 Å². The maximum Gasteiger partial charge on any atom is 0.282 e. The Balaban J connectivity index is 1.93. The number of nitrogens with one attached hydrogen (secondary N) is 1. The lowest BCUT2D eigenvalue weighted by Crippen LogP contribution is -2.14. The van der Waals surface area contributed by atoms with Crippen LogP contribution in [0.1, 0.15) is 21.6 Å². The molecule has 0 saturated heterocycles. The number of benzene rings is 2. The van der Waals surface area contributed by atoms with E-state index in [9.17, 15) is 14.9 Å². The fraction of sp³-hybridized carbons (Fsp3) is 0.111. The minimum atomic E-state index is -0.547. The van der Waals surface area contributed by atoms with Gasteiger partial charge in [0.25, 0.3) is 11.6 Å². The van der Waals surface area contributed by atoms with Crippen LogP contribution in [0, 0.1) is 24.0 Å². The molecular formula is C18H15N3O3. The van der Waals surface area contributed by atoms with Gasteiger partial charge in [-0.3, -0.25) is 19.9 Å². The second kappa shape index (κ2) is 6.08. The highest BCUT2D eigenvalue weighted by atomic mass is 16.6. The molecule has 2 aromatic carbocycles. The zero-order valence-corrected chi connectivity index (χ0v) is 13.2. The number of hydrogen-bond acceptors (Lipinski definition) is 4. The molecule has 0 saturated carbocycles. The van der Waals surface area contributed by atoms with Crippen LogP contribution in [0.25, 0.3) is 10.9 Å². The van der Waals surface area contributed by atoms with Crippen LogP contribution in [0.5, 0.6) is 0 Å². The molecule has 3 aromatic rings. The summed E-state index contributed by atoms with van der Waals surface area (Å²) in [5, 5.41) is 14.7.